The Bertz CT molecular complexity index is 889. The van der Waals surface area contributed by atoms with E-state index in [1.165, 1.54) is 10.5 Å². The number of benzene rings is 2. The maximum Gasteiger partial charge on any atom is 0.239 e. The number of carbonyl (C=O) groups excluding carboxylic acids is 2. The first kappa shape index (κ1) is 23.5. The molecule has 1 unspecified atom stereocenters. The third-order valence-electron chi connectivity index (χ3n) is 5.41. The number of halogens is 1. The van der Waals surface area contributed by atoms with Crippen molar-refractivity contribution in [2.45, 2.75) is 49.7 Å². The van der Waals surface area contributed by atoms with Crippen LogP contribution in [-0.4, -0.2) is 39.4 Å². The van der Waals surface area contributed by atoms with Gasteiger partial charge in [0.15, 0.2) is 0 Å². The molecule has 2 atom stereocenters. The number of amides is 2. The molecule has 1 fully saturated rings. The van der Waals surface area contributed by atoms with Gasteiger partial charge in [0.05, 0.1) is 12.2 Å². The minimum atomic E-state index is -1.21. The second-order valence-corrected chi connectivity index (χ2v) is 9.86. The van der Waals surface area contributed by atoms with Crippen molar-refractivity contribution in [1.82, 2.24) is 10.2 Å². The van der Waals surface area contributed by atoms with Gasteiger partial charge in [0.25, 0.3) is 0 Å². The van der Waals surface area contributed by atoms with E-state index in [2.05, 4.69) is 17.4 Å². The summed E-state index contributed by atoms with van der Waals surface area (Å²) in [7, 11) is -1.21. The molecule has 2 amide bonds. The zero-order chi connectivity index (χ0) is 22.1. The summed E-state index contributed by atoms with van der Waals surface area (Å²) in [5.74, 6) is 0.104. The van der Waals surface area contributed by atoms with Crippen LogP contribution in [0.4, 0.5) is 0 Å². The van der Waals surface area contributed by atoms with Crippen molar-refractivity contribution in [1.29, 1.82) is 0 Å². The molecule has 1 aliphatic heterocycles. The third-order valence-corrected chi connectivity index (χ3v) is 7.31. The number of nitrogens with one attached hydrogen (secondary N) is 1. The molecule has 0 radical (unpaired) electrons. The molecule has 0 aliphatic carbocycles. The number of hydrogen-bond donors (Lipinski definition) is 1. The summed E-state index contributed by atoms with van der Waals surface area (Å²) in [6, 6.07) is 17.5. The second kappa shape index (κ2) is 12.0. The van der Waals surface area contributed by atoms with Gasteiger partial charge in [-0.25, -0.2) is 0 Å². The van der Waals surface area contributed by atoms with Crippen LogP contribution in [0.5, 0.6) is 0 Å². The lowest BCUT2D eigenvalue weighted by Crippen LogP contribution is -2.57. The van der Waals surface area contributed by atoms with E-state index < -0.39 is 10.8 Å². The van der Waals surface area contributed by atoms with Gasteiger partial charge in [0.2, 0.25) is 11.8 Å². The number of likely N-dealkylation sites (tertiary alicyclic amines) is 1. The van der Waals surface area contributed by atoms with Gasteiger partial charge < -0.3 is 10.2 Å². The Morgan fingerprint density at radius 1 is 1.00 bits per heavy atom. The molecule has 1 aliphatic rings. The highest BCUT2D eigenvalue weighted by Crippen LogP contribution is 2.24. The van der Waals surface area contributed by atoms with Crippen molar-refractivity contribution >= 4 is 34.2 Å². The van der Waals surface area contributed by atoms with Crippen LogP contribution < -0.4 is 5.32 Å². The Labute approximate surface area is 191 Å². The van der Waals surface area contributed by atoms with E-state index in [1.54, 1.807) is 0 Å². The lowest BCUT2D eigenvalue weighted by atomic mass is 10.1. The fourth-order valence-corrected chi connectivity index (χ4v) is 5.23. The monoisotopic (exact) mass is 460 g/mol. The minimum absolute atomic E-state index is 0.0133. The fourth-order valence-electron chi connectivity index (χ4n) is 3.58. The normalized spacial score (nSPS) is 16.6. The Hall–Kier alpha value is -2.18. The van der Waals surface area contributed by atoms with Crippen LogP contribution in [0.3, 0.4) is 0 Å². The van der Waals surface area contributed by atoms with Crippen molar-refractivity contribution in [2.24, 2.45) is 0 Å². The largest absolute Gasteiger partial charge is 0.355 e. The number of aryl methyl sites for hydroxylation is 1. The lowest BCUT2D eigenvalue weighted by molar-refractivity contribution is -0.145. The Balaban J connectivity index is 1.28. The molecule has 2 aromatic carbocycles. The van der Waals surface area contributed by atoms with Crippen molar-refractivity contribution in [3.8, 4) is 0 Å². The van der Waals surface area contributed by atoms with Gasteiger partial charge in [-0.15, -0.1) is 0 Å². The van der Waals surface area contributed by atoms with E-state index in [-0.39, 0.29) is 30.2 Å². The lowest BCUT2D eigenvalue weighted by Gasteiger charge is -2.39. The summed E-state index contributed by atoms with van der Waals surface area (Å²) in [4.78, 5) is 25.6. The smallest absolute Gasteiger partial charge is 0.239 e. The van der Waals surface area contributed by atoms with Crippen molar-refractivity contribution < 1.29 is 13.8 Å². The average molecular weight is 461 g/mol. The summed E-state index contributed by atoms with van der Waals surface area (Å²) in [6.45, 7) is 0.584. The third kappa shape index (κ3) is 7.47. The average Bonchev–Trinajstić information content (AvgIpc) is 2.77. The van der Waals surface area contributed by atoms with Gasteiger partial charge in [-0.05, 0) is 42.5 Å². The molecule has 166 valence electrons. The SMILES string of the molecule is O=C(CN1C(=O)C[C@@H]1S(=O)Cc1ccccc1)NCCCCCCc1ccc(Cl)cc1. The Kier molecular flexibility index (Phi) is 9.10. The highest BCUT2D eigenvalue weighted by Gasteiger charge is 2.40. The van der Waals surface area contributed by atoms with Crippen molar-refractivity contribution in [2.75, 3.05) is 13.1 Å². The first-order valence-electron chi connectivity index (χ1n) is 10.7. The van der Waals surface area contributed by atoms with Crippen LogP contribution in [0, 0.1) is 0 Å². The number of nitrogens with zero attached hydrogens (tertiary/aromatic N) is 1. The maximum absolute atomic E-state index is 12.6. The molecule has 31 heavy (non-hydrogen) atoms. The minimum Gasteiger partial charge on any atom is -0.355 e. The highest BCUT2D eigenvalue weighted by atomic mass is 35.5. The molecule has 0 saturated carbocycles. The van der Waals surface area contributed by atoms with Gasteiger partial charge in [-0.3, -0.25) is 13.8 Å². The molecule has 1 N–H and O–H groups in total. The van der Waals surface area contributed by atoms with Crippen LogP contribution in [0.2, 0.25) is 5.02 Å². The molecule has 7 heteroatoms. The number of hydrogen-bond acceptors (Lipinski definition) is 3. The van der Waals surface area contributed by atoms with Gasteiger partial charge in [-0.2, -0.15) is 0 Å². The van der Waals surface area contributed by atoms with E-state index in [0.29, 0.717) is 12.3 Å². The summed E-state index contributed by atoms with van der Waals surface area (Å²) in [5, 5.41) is 3.27. The molecular weight excluding hydrogens is 432 g/mol. The maximum atomic E-state index is 12.6. The molecule has 0 bridgehead atoms. The van der Waals surface area contributed by atoms with E-state index in [9.17, 15) is 13.8 Å². The van der Waals surface area contributed by atoms with Crippen molar-refractivity contribution in [3.63, 3.8) is 0 Å². The quantitative estimate of drug-likeness (QED) is 0.383. The predicted octanol–water partition coefficient (Wildman–Crippen LogP) is 4.07. The first-order chi connectivity index (χ1) is 15.0. The Morgan fingerprint density at radius 2 is 1.71 bits per heavy atom. The van der Waals surface area contributed by atoms with Gasteiger partial charge >= 0.3 is 0 Å². The van der Waals surface area contributed by atoms with Gasteiger partial charge in [-0.1, -0.05) is 66.9 Å². The molecule has 1 heterocycles. The molecule has 0 spiro atoms. The molecular formula is C24H29ClN2O3S. The van der Waals surface area contributed by atoms with Gasteiger partial charge in [0.1, 0.15) is 11.9 Å². The Morgan fingerprint density at radius 3 is 2.42 bits per heavy atom. The summed E-state index contributed by atoms with van der Waals surface area (Å²) < 4.78 is 12.6. The predicted molar refractivity (Wildman–Crippen MR) is 125 cm³/mol. The number of unbranched alkanes of at least 4 members (excludes halogenated alkanes) is 3. The summed E-state index contributed by atoms with van der Waals surface area (Å²) in [5.41, 5.74) is 2.26. The molecule has 3 rings (SSSR count). The van der Waals surface area contributed by atoms with Crippen LogP contribution >= 0.6 is 11.6 Å². The molecule has 5 nitrogen and oxygen atoms in total. The van der Waals surface area contributed by atoms with Crippen LogP contribution in [0.1, 0.15) is 43.2 Å². The summed E-state index contributed by atoms with van der Waals surface area (Å²) >= 11 is 5.89. The van der Waals surface area contributed by atoms with E-state index in [4.69, 9.17) is 11.6 Å². The molecule has 2 aromatic rings. The highest BCUT2D eigenvalue weighted by molar-refractivity contribution is 7.85. The summed E-state index contributed by atoms with van der Waals surface area (Å²) in [6.07, 6.45) is 5.43. The zero-order valence-electron chi connectivity index (χ0n) is 17.6. The van der Waals surface area contributed by atoms with E-state index in [0.717, 1.165) is 42.7 Å². The number of β-lactam (4-membered cyclic amide) rings is 1. The first-order valence-corrected chi connectivity index (χ1v) is 12.5. The fraction of sp³-hybridized carbons (Fsp3) is 0.417. The van der Waals surface area contributed by atoms with E-state index in [1.807, 2.05) is 42.5 Å². The number of rotatable bonds is 12. The standard InChI is InChI=1S/C24H29ClN2O3S/c25-21-13-11-19(12-14-21)8-4-1-2-7-15-26-22(28)17-27-23(29)16-24(27)31(30)18-20-9-5-3-6-10-20/h3,5-6,9-14,24H,1-2,4,7-8,15-18H2,(H,26,28)/t24-,31?/m0/s1. The van der Waals surface area contributed by atoms with Crippen molar-refractivity contribution in [3.05, 3.63) is 70.7 Å². The van der Waals surface area contributed by atoms with Crippen LogP contribution in [-0.2, 0) is 32.6 Å². The number of carbonyl (C=O) groups is 2. The topological polar surface area (TPSA) is 66.5 Å². The molecule has 0 aromatic heterocycles. The zero-order valence-corrected chi connectivity index (χ0v) is 19.2. The van der Waals surface area contributed by atoms with Crippen LogP contribution in [0.25, 0.3) is 0 Å². The van der Waals surface area contributed by atoms with E-state index >= 15 is 0 Å². The van der Waals surface area contributed by atoms with Crippen LogP contribution in [0.15, 0.2) is 54.6 Å². The van der Waals surface area contributed by atoms with Gasteiger partial charge in [0, 0.05) is 22.4 Å². The second-order valence-electron chi connectivity index (χ2n) is 7.83. The molecule has 1 saturated heterocycles.